The van der Waals surface area contributed by atoms with Gasteiger partial charge in [0.15, 0.2) is 5.96 Å². The Balaban J connectivity index is 2.10. The van der Waals surface area contributed by atoms with Crippen molar-refractivity contribution in [1.82, 2.24) is 15.5 Å². The average molecular weight is 316 g/mol. The standard InChI is InChI=1S/C18H28N4O/c1-5-20-17(22-10-9-18(2,3)13-22)21-12-14-7-6-8-15(11-14)16(23)19-4/h6-8,11H,5,9-10,12-13H2,1-4H3,(H,19,23)(H,20,21). The van der Waals surface area contributed by atoms with Crippen molar-refractivity contribution >= 4 is 11.9 Å². The molecule has 5 heteroatoms. The van der Waals surface area contributed by atoms with Gasteiger partial charge in [0.1, 0.15) is 0 Å². The van der Waals surface area contributed by atoms with Crippen molar-refractivity contribution in [3.63, 3.8) is 0 Å². The highest BCUT2D eigenvalue weighted by Crippen LogP contribution is 2.28. The van der Waals surface area contributed by atoms with E-state index >= 15 is 0 Å². The van der Waals surface area contributed by atoms with E-state index in [9.17, 15) is 4.79 Å². The van der Waals surface area contributed by atoms with E-state index in [1.54, 1.807) is 7.05 Å². The lowest BCUT2D eigenvalue weighted by atomic mass is 9.93. The summed E-state index contributed by atoms with van der Waals surface area (Å²) in [4.78, 5) is 18.8. The van der Waals surface area contributed by atoms with E-state index in [-0.39, 0.29) is 5.91 Å². The zero-order chi connectivity index (χ0) is 16.9. The van der Waals surface area contributed by atoms with Gasteiger partial charge in [-0.3, -0.25) is 4.79 Å². The number of amides is 1. The quantitative estimate of drug-likeness (QED) is 0.662. The molecule has 1 amide bonds. The van der Waals surface area contributed by atoms with Gasteiger partial charge >= 0.3 is 0 Å². The lowest BCUT2D eigenvalue weighted by Crippen LogP contribution is -2.40. The number of likely N-dealkylation sites (tertiary alicyclic amines) is 1. The number of hydrogen-bond acceptors (Lipinski definition) is 2. The Kier molecular flexibility index (Phi) is 5.64. The van der Waals surface area contributed by atoms with Crippen LogP contribution in [0.15, 0.2) is 29.3 Å². The van der Waals surface area contributed by atoms with Crippen molar-refractivity contribution in [2.24, 2.45) is 10.4 Å². The van der Waals surface area contributed by atoms with Crippen LogP contribution in [-0.4, -0.2) is 43.4 Å². The minimum absolute atomic E-state index is 0.0657. The predicted molar refractivity (Wildman–Crippen MR) is 94.6 cm³/mol. The van der Waals surface area contributed by atoms with E-state index in [1.165, 1.54) is 6.42 Å². The maximum absolute atomic E-state index is 11.7. The molecule has 0 bridgehead atoms. The maximum atomic E-state index is 11.7. The monoisotopic (exact) mass is 316 g/mol. The molecular weight excluding hydrogens is 288 g/mol. The molecule has 2 rings (SSSR count). The number of nitrogens with zero attached hydrogens (tertiary/aromatic N) is 2. The summed E-state index contributed by atoms with van der Waals surface area (Å²) in [5, 5.41) is 6.03. The Labute approximate surface area is 139 Å². The summed E-state index contributed by atoms with van der Waals surface area (Å²) < 4.78 is 0. The zero-order valence-electron chi connectivity index (χ0n) is 14.6. The molecular formula is C18H28N4O. The van der Waals surface area contributed by atoms with Gasteiger partial charge in [0, 0.05) is 32.2 Å². The molecule has 1 aliphatic rings. The zero-order valence-corrected chi connectivity index (χ0v) is 14.6. The summed E-state index contributed by atoms with van der Waals surface area (Å²) in [5.41, 5.74) is 2.06. The van der Waals surface area contributed by atoms with Gasteiger partial charge in [-0.05, 0) is 36.5 Å². The van der Waals surface area contributed by atoms with Crippen LogP contribution in [0.3, 0.4) is 0 Å². The fourth-order valence-corrected chi connectivity index (χ4v) is 2.84. The lowest BCUT2D eigenvalue weighted by Gasteiger charge is -2.23. The van der Waals surface area contributed by atoms with E-state index < -0.39 is 0 Å². The van der Waals surface area contributed by atoms with Crippen LogP contribution in [0.5, 0.6) is 0 Å². The van der Waals surface area contributed by atoms with Gasteiger partial charge < -0.3 is 15.5 Å². The Morgan fingerprint density at radius 3 is 2.78 bits per heavy atom. The molecule has 1 aromatic carbocycles. The highest BCUT2D eigenvalue weighted by Gasteiger charge is 2.30. The van der Waals surface area contributed by atoms with Gasteiger partial charge in [-0.25, -0.2) is 4.99 Å². The Morgan fingerprint density at radius 1 is 1.39 bits per heavy atom. The number of hydrogen-bond donors (Lipinski definition) is 2. The Hall–Kier alpha value is -2.04. The number of guanidine groups is 1. The third-order valence-electron chi connectivity index (χ3n) is 4.14. The number of carbonyl (C=O) groups excluding carboxylic acids is 1. The Morgan fingerprint density at radius 2 is 2.17 bits per heavy atom. The van der Waals surface area contributed by atoms with Crippen LogP contribution >= 0.6 is 0 Å². The fourth-order valence-electron chi connectivity index (χ4n) is 2.84. The van der Waals surface area contributed by atoms with Gasteiger partial charge in [-0.15, -0.1) is 0 Å². The molecule has 0 unspecified atom stereocenters. The molecule has 1 saturated heterocycles. The molecule has 1 aliphatic heterocycles. The van der Waals surface area contributed by atoms with Crippen LogP contribution in [0.4, 0.5) is 0 Å². The molecule has 0 aromatic heterocycles. The normalized spacial score (nSPS) is 17.2. The molecule has 0 saturated carbocycles. The number of aliphatic imine (C=N–C) groups is 1. The van der Waals surface area contributed by atoms with E-state index in [1.807, 2.05) is 24.3 Å². The summed E-state index contributed by atoms with van der Waals surface area (Å²) in [6.07, 6.45) is 1.18. The van der Waals surface area contributed by atoms with Crippen LogP contribution in [0.2, 0.25) is 0 Å². The first kappa shape index (κ1) is 17.3. The van der Waals surface area contributed by atoms with Gasteiger partial charge in [-0.2, -0.15) is 0 Å². The second-order valence-corrected chi connectivity index (χ2v) is 6.79. The van der Waals surface area contributed by atoms with Crippen molar-refractivity contribution in [1.29, 1.82) is 0 Å². The first-order valence-electron chi connectivity index (χ1n) is 8.29. The minimum Gasteiger partial charge on any atom is -0.357 e. The van der Waals surface area contributed by atoms with Crippen LogP contribution < -0.4 is 10.6 Å². The second kappa shape index (κ2) is 7.49. The molecule has 0 aliphatic carbocycles. The minimum atomic E-state index is -0.0657. The van der Waals surface area contributed by atoms with Gasteiger partial charge in [-0.1, -0.05) is 26.0 Å². The molecule has 2 N–H and O–H groups in total. The average Bonchev–Trinajstić information content (AvgIpc) is 2.90. The first-order valence-corrected chi connectivity index (χ1v) is 8.29. The third-order valence-corrected chi connectivity index (χ3v) is 4.14. The van der Waals surface area contributed by atoms with Crippen molar-refractivity contribution in [2.75, 3.05) is 26.7 Å². The van der Waals surface area contributed by atoms with Crippen molar-refractivity contribution in [3.05, 3.63) is 35.4 Å². The first-order chi connectivity index (χ1) is 10.9. The molecule has 5 nitrogen and oxygen atoms in total. The molecule has 23 heavy (non-hydrogen) atoms. The van der Waals surface area contributed by atoms with Crippen molar-refractivity contribution in [3.8, 4) is 0 Å². The topological polar surface area (TPSA) is 56.7 Å². The largest absolute Gasteiger partial charge is 0.357 e. The molecule has 126 valence electrons. The number of benzene rings is 1. The third kappa shape index (κ3) is 4.71. The molecule has 0 spiro atoms. The highest BCUT2D eigenvalue weighted by molar-refractivity contribution is 5.94. The van der Waals surface area contributed by atoms with E-state index in [0.29, 0.717) is 17.5 Å². The number of carbonyl (C=O) groups is 1. The summed E-state index contributed by atoms with van der Waals surface area (Å²) in [6, 6.07) is 7.63. The lowest BCUT2D eigenvalue weighted by molar-refractivity contribution is 0.0963. The second-order valence-electron chi connectivity index (χ2n) is 6.79. The van der Waals surface area contributed by atoms with E-state index in [0.717, 1.165) is 31.2 Å². The number of rotatable bonds is 4. The number of nitrogens with one attached hydrogen (secondary N) is 2. The molecule has 1 heterocycles. The summed E-state index contributed by atoms with van der Waals surface area (Å²) in [7, 11) is 1.64. The summed E-state index contributed by atoms with van der Waals surface area (Å²) in [5.74, 6) is 0.896. The summed E-state index contributed by atoms with van der Waals surface area (Å²) >= 11 is 0. The van der Waals surface area contributed by atoms with Gasteiger partial charge in [0.05, 0.1) is 6.54 Å². The van der Waals surface area contributed by atoms with E-state index in [2.05, 4.69) is 36.3 Å². The van der Waals surface area contributed by atoms with Crippen LogP contribution in [0.1, 0.15) is 43.1 Å². The van der Waals surface area contributed by atoms with Gasteiger partial charge in [0.25, 0.3) is 5.91 Å². The maximum Gasteiger partial charge on any atom is 0.251 e. The van der Waals surface area contributed by atoms with Crippen LogP contribution in [0, 0.1) is 5.41 Å². The SMILES string of the molecule is CCNC(=NCc1cccc(C(=O)NC)c1)N1CCC(C)(C)C1. The fraction of sp³-hybridized carbons (Fsp3) is 0.556. The van der Waals surface area contributed by atoms with Crippen LogP contribution in [0.25, 0.3) is 0 Å². The van der Waals surface area contributed by atoms with Crippen LogP contribution in [-0.2, 0) is 6.54 Å². The molecule has 1 fully saturated rings. The molecule has 1 aromatic rings. The van der Waals surface area contributed by atoms with Crippen molar-refractivity contribution in [2.45, 2.75) is 33.7 Å². The molecule has 0 radical (unpaired) electrons. The summed E-state index contributed by atoms with van der Waals surface area (Å²) in [6.45, 7) is 10.2. The predicted octanol–water partition coefficient (Wildman–Crippen LogP) is 2.24. The molecule has 0 atom stereocenters. The van der Waals surface area contributed by atoms with E-state index in [4.69, 9.17) is 4.99 Å². The van der Waals surface area contributed by atoms with Gasteiger partial charge in [0.2, 0.25) is 0 Å². The highest BCUT2D eigenvalue weighted by atomic mass is 16.1. The van der Waals surface area contributed by atoms with Crippen molar-refractivity contribution < 1.29 is 4.79 Å². The smallest absolute Gasteiger partial charge is 0.251 e. The Bertz CT molecular complexity index is 580.